The summed E-state index contributed by atoms with van der Waals surface area (Å²) in [6.45, 7) is 7.31. The van der Waals surface area contributed by atoms with E-state index in [1.165, 1.54) is 49.4 Å². The molecule has 0 aliphatic carbocycles. The van der Waals surface area contributed by atoms with Gasteiger partial charge < -0.3 is 9.13 Å². The molecule has 0 spiro atoms. The Morgan fingerprint density at radius 2 is 0.850 bits per heavy atom. The first-order valence-corrected chi connectivity index (χ1v) is 13.4. The van der Waals surface area contributed by atoms with E-state index in [1.54, 1.807) is 0 Å². The van der Waals surface area contributed by atoms with Gasteiger partial charge in [0.05, 0.1) is 28.6 Å². The number of fused-ring (bicyclic) bond motifs is 6. The number of rotatable bonds is 3. The van der Waals surface area contributed by atoms with E-state index in [-0.39, 0.29) is 0 Å². The van der Waals surface area contributed by atoms with Crippen LogP contribution in [0.2, 0.25) is 0 Å². The van der Waals surface area contributed by atoms with Crippen LogP contribution >= 0.6 is 0 Å². The zero-order valence-electron chi connectivity index (χ0n) is 21.6. The summed E-state index contributed by atoms with van der Waals surface area (Å²) in [5.41, 5.74) is 9.99. The van der Waals surface area contributed by atoms with Crippen LogP contribution in [0.4, 0.5) is 5.69 Å². The largest absolute Gasteiger partial charge is 0.309 e. The molecule has 0 radical (unpaired) electrons. The number of para-hydroxylation sites is 3. The normalized spacial score (nSPS) is 11.5. The monoisotopic (exact) mass is 509 g/mol. The molecule has 3 heteroatoms. The van der Waals surface area contributed by atoms with Crippen molar-refractivity contribution in [2.45, 2.75) is 0 Å². The molecule has 0 fully saturated rings. The molecular formula is C37H23N3. The van der Waals surface area contributed by atoms with E-state index in [2.05, 4.69) is 129 Å². The first kappa shape index (κ1) is 22.4. The van der Waals surface area contributed by atoms with Crippen LogP contribution in [0, 0.1) is 6.57 Å². The number of benzene rings is 6. The third-order valence-electron chi connectivity index (χ3n) is 7.93. The van der Waals surface area contributed by atoms with E-state index < -0.39 is 0 Å². The highest BCUT2D eigenvalue weighted by Gasteiger charge is 2.15. The molecule has 0 bridgehead atoms. The third-order valence-corrected chi connectivity index (χ3v) is 7.93. The van der Waals surface area contributed by atoms with Crippen LogP contribution in [0.5, 0.6) is 0 Å². The predicted molar refractivity (Wildman–Crippen MR) is 167 cm³/mol. The van der Waals surface area contributed by atoms with E-state index in [0.717, 1.165) is 16.7 Å². The Bertz CT molecular complexity index is 2260. The van der Waals surface area contributed by atoms with Crippen molar-refractivity contribution >= 4 is 49.3 Å². The number of nitrogens with zero attached hydrogens (tertiary/aromatic N) is 3. The van der Waals surface area contributed by atoms with Gasteiger partial charge in [-0.3, -0.25) is 0 Å². The zero-order chi connectivity index (χ0) is 26.6. The summed E-state index contributed by atoms with van der Waals surface area (Å²) in [6, 6.07) is 49.2. The minimum Gasteiger partial charge on any atom is -0.309 e. The van der Waals surface area contributed by atoms with E-state index in [9.17, 15) is 0 Å². The molecule has 0 N–H and O–H groups in total. The van der Waals surface area contributed by atoms with Crippen molar-refractivity contribution in [2.24, 2.45) is 0 Å². The van der Waals surface area contributed by atoms with Gasteiger partial charge in [-0.15, -0.1) is 0 Å². The lowest BCUT2D eigenvalue weighted by Crippen LogP contribution is -1.93. The van der Waals surface area contributed by atoms with Gasteiger partial charge in [0, 0.05) is 32.9 Å². The van der Waals surface area contributed by atoms with Crippen molar-refractivity contribution in [1.29, 1.82) is 0 Å². The van der Waals surface area contributed by atoms with Crippen LogP contribution in [0.15, 0.2) is 140 Å². The first-order chi connectivity index (χ1) is 19.8. The van der Waals surface area contributed by atoms with Gasteiger partial charge in [-0.25, -0.2) is 4.85 Å². The Balaban J connectivity index is 1.34. The van der Waals surface area contributed by atoms with Crippen molar-refractivity contribution in [1.82, 2.24) is 9.13 Å². The van der Waals surface area contributed by atoms with Crippen LogP contribution in [0.1, 0.15) is 0 Å². The molecule has 0 saturated carbocycles. The Morgan fingerprint density at radius 3 is 1.38 bits per heavy atom. The molecule has 3 nitrogen and oxygen atoms in total. The zero-order valence-corrected chi connectivity index (χ0v) is 21.6. The fraction of sp³-hybridized carbons (Fsp3) is 0. The van der Waals surface area contributed by atoms with E-state index >= 15 is 0 Å². The Kier molecular flexibility index (Phi) is 4.89. The molecule has 0 amide bonds. The third kappa shape index (κ3) is 3.30. The minimum atomic E-state index is 0.649. The van der Waals surface area contributed by atoms with Gasteiger partial charge >= 0.3 is 0 Å². The molecule has 40 heavy (non-hydrogen) atoms. The highest BCUT2D eigenvalue weighted by molar-refractivity contribution is 6.12. The predicted octanol–water partition coefficient (Wildman–Crippen LogP) is 10.1. The van der Waals surface area contributed by atoms with Crippen LogP contribution in [0.25, 0.3) is 71.0 Å². The molecule has 6 aromatic carbocycles. The van der Waals surface area contributed by atoms with Crippen LogP contribution < -0.4 is 0 Å². The van der Waals surface area contributed by atoms with Crippen LogP contribution in [0.3, 0.4) is 0 Å². The number of aromatic nitrogens is 2. The topological polar surface area (TPSA) is 14.2 Å². The molecule has 2 aromatic heterocycles. The second kappa shape index (κ2) is 8.73. The summed E-state index contributed by atoms with van der Waals surface area (Å²) in [4.78, 5) is 3.56. The van der Waals surface area contributed by atoms with Gasteiger partial charge in [-0.2, -0.15) is 0 Å². The van der Waals surface area contributed by atoms with Gasteiger partial charge in [-0.05, 0) is 71.8 Å². The summed E-state index contributed by atoms with van der Waals surface area (Å²) in [6.07, 6.45) is 0. The lowest BCUT2D eigenvalue weighted by molar-refractivity contribution is 1.18. The average Bonchev–Trinajstić information content (AvgIpc) is 3.54. The molecule has 8 aromatic rings. The van der Waals surface area contributed by atoms with Crippen molar-refractivity contribution in [2.75, 3.05) is 0 Å². The molecule has 0 saturated heterocycles. The molecule has 186 valence electrons. The smallest absolute Gasteiger partial charge is 0.187 e. The van der Waals surface area contributed by atoms with Crippen molar-refractivity contribution in [3.05, 3.63) is 151 Å². The molecular weight excluding hydrogens is 486 g/mol. The molecule has 0 atom stereocenters. The van der Waals surface area contributed by atoms with Crippen molar-refractivity contribution in [3.8, 4) is 22.5 Å². The Morgan fingerprint density at radius 1 is 0.400 bits per heavy atom. The van der Waals surface area contributed by atoms with Crippen molar-refractivity contribution in [3.63, 3.8) is 0 Å². The molecule has 0 aliphatic heterocycles. The lowest BCUT2D eigenvalue weighted by atomic mass is 10.0. The molecule has 0 unspecified atom stereocenters. The fourth-order valence-corrected chi connectivity index (χ4v) is 6.11. The number of hydrogen-bond donors (Lipinski definition) is 0. The molecule has 2 heterocycles. The van der Waals surface area contributed by atoms with Gasteiger partial charge in [0.25, 0.3) is 0 Å². The summed E-state index contributed by atoms with van der Waals surface area (Å²) in [7, 11) is 0. The summed E-state index contributed by atoms with van der Waals surface area (Å²) >= 11 is 0. The van der Waals surface area contributed by atoms with Gasteiger partial charge in [0.15, 0.2) is 5.69 Å². The SMILES string of the molecule is [C-]#[N+]c1ccc(-n2c3ccccc3c3cc(-c4ccc5c(c4)c4ccccc4n5-c4ccccc4)ccc32)cc1. The van der Waals surface area contributed by atoms with Gasteiger partial charge in [-0.1, -0.05) is 78.9 Å². The second-order valence-corrected chi connectivity index (χ2v) is 10.1. The quantitative estimate of drug-likeness (QED) is 0.210. The van der Waals surface area contributed by atoms with Crippen LogP contribution in [-0.2, 0) is 0 Å². The van der Waals surface area contributed by atoms with E-state index in [1.807, 2.05) is 24.3 Å². The van der Waals surface area contributed by atoms with Crippen molar-refractivity contribution < 1.29 is 0 Å². The highest BCUT2D eigenvalue weighted by Crippen LogP contribution is 2.38. The second-order valence-electron chi connectivity index (χ2n) is 10.1. The average molecular weight is 510 g/mol. The lowest BCUT2D eigenvalue weighted by Gasteiger charge is -2.09. The standard InChI is InChI=1S/C37H23N3/c1-38-27-17-19-29(20-18-27)40-35-14-8-6-12-31(35)33-24-26(16-22-37(33)40)25-15-21-36-32(23-25)30-11-5-7-13-34(30)39(36)28-9-3-2-4-10-28/h2-24H. The van der Waals surface area contributed by atoms with E-state index in [0.29, 0.717) is 5.69 Å². The van der Waals surface area contributed by atoms with E-state index in [4.69, 9.17) is 6.57 Å². The Labute approximate surface area is 231 Å². The fourth-order valence-electron chi connectivity index (χ4n) is 6.11. The molecule has 8 rings (SSSR count). The summed E-state index contributed by atoms with van der Waals surface area (Å²) < 4.78 is 4.64. The minimum absolute atomic E-state index is 0.649. The van der Waals surface area contributed by atoms with Gasteiger partial charge in [0.2, 0.25) is 0 Å². The maximum atomic E-state index is 7.31. The Hall–Kier alpha value is -5.59. The molecule has 0 aliphatic rings. The summed E-state index contributed by atoms with van der Waals surface area (Å²) in [5, 5.41) is 4.94. The number of hydrogen-bond acceptors (Lipinski definition) is 0. The summed E-state index contributed by atoms with van der Waals surface area (Å²) in [5.74, 6) is 0. The highest BCUT2D eigenvalue weighted by atomic mass is 15.0. The van der Waals surface area contributed by atoms with Gasteiger partial charge in [0.1, 0.15) is 0 Å². The maximum absolute atomic E-state index is 7.31. The first-order valence-electron chi connectivity index (χ1n) is 13.4. The van der Waals surface area contributed by atoms with Crippen LogP contribution in [-0.4, -0.2) is 9.13 Å². The maximum Gasteiger partial charge on any atom is 0.187 e.